The van der Waals surface area contributed by atoms with Gasteiger partial charge in [0, 0.05) is 13.0 Å². The van der Waals surface area contributed by atoms with E-state index in [4.69, 9.17) is 9.47 Å². The van der Waals surface area contributed by atoms with Crippen LogP contribution >= 0.6 is 0 Å². The molecule has 0 aromatic heterocycles. The number of ether oxygens (including phenoxy) is 2. The summed E-state index contributed by atoms with van der Waals surface area (Å²) >= 11 is 0. The smallest absolute Gasteiger partial charge is 0.0710 e. The lowest BCUT2D eigenvalue weighted by Crippen LogP contribution is -2.34. The van der Waals surface area contributed by atoms with Crippen LogP contribution in [0.4, 0.5) is 0 Å². The molecule has 0 saturated carbocycles. The fourth-order valence-corrected chi connectivity index (χ4v) is 1.36. The zero-order valence-electron chi connectivity index (χ0n) is 7.52. The van der Waals surface area contributed by atoms with Gasteiger partial charge in [0.2, 0.25) is 0 Å². The summed E-state index contributed by atoms with van der Waals surface area (Å²) in [6.45, 7) is 9.52. The standard InChI is InChI=1S/C9H16O2/c1-7-5-11-6-8(7)9(2,3)10-4/h8H,1,5-6H2,2-4H3. The van der Waals surface area contributed by atoms with E-state index >= 15 is 0 Å². The van der Waals surface area contributed by atoms with Gasteiger partial charge in [-0.05, 0) is 19.4 Å². The van der Waals surface area contributed by atoms with Crippen LogP contribution in [0, 0.1) is 5.92 Å². The van der Waals surface area contributed by atoms with Crippen molar-refractivity contribution in [1.82, 2.24) is 0 Å². The van der Waals surface area contributed by atoms with E-state index in [0.29, 0.717) is 12.5 Å². The lowest BCUT2D eigenvalue weighted by Gasteiger charge is -2.29. The molecule has 1 rings (SSSR count). The Balaban J connectivity index is 2.65. The Hall–Kier alpha value is -0.340. The maximum absolute atomic E-state index is 5.35. The Morgan fingerprint density at radius 2 is 2.27 bits per heavy atom. The molecule has 1 aliphatic rings. The second-order valence-corrected chi connectivity index (χ2v) is 3.53. The first-order chi connectivity index (χ1) is 5.08. The van der Waals surface area contributed by atoms with Crippen molar-refractivity contribution in [3.63, 3.8) is 0 Å². The average Bonchev–Trinajstić information content (AvgIpc) is 2.36. The van der Waals surface area contributed by atoms with Crippen LogP contribution in [-0.4, -0.2) is 25.9 Å². The van der Waals surface area contributed by atoms with Crippen molar-refractivity contribution in [3.8, 4) is 0 Å². The van der Waals surface area contributed by atoms with Gasteiger partial charge >= 0.3 is 0 Å². The number of rotatable bonds is 2. The normalized spacial score (nSPS) is 26.1. The Morgan fingerprint density at radius 3 is 2.64 bits per heavy atom. The van der Waals surface area contributed by atoms with Gasteiger partial charge in [-0.25, -0.2) is 0 Å². The molecule has 0 N–H and O–H groups in total. The van der Waals surface area contributed by atoms with E-state index in [1.54, 1.807) is 7.11 Å². The van der Waals surface area contributed by atoms with Crippen LogP contribution in [0.3, 0.4) is 0 Å². The second-order valence-electron chi connectivity index (χ2n) is 3.53. The van der Waals surface area contributed by atoms with Crippen LogP contribution in [0.15, 0.2) is 12.2 Å². The minimum absolute atomic E-state index is 0.131. The Kier molecular flexibility index (Phi) is 2.35. The summed E-state index contributed by atoms with van der Waals surface area (Å²) in [4.78, 5) is 0. The molecule has 2 nitrogen and oxygen atoms in total. The number of methoxy groups -OCH3 is 1. The van der Waals surface area contributed by atoms with Gasteiger partial charge in [0.1, 0.15) is 0 Å². The first-order valence-corrected chi connectivity index (χ1v) is 3.88. The fourth-order valence-electron chi connectivity index (χ4n) is 1.36. The summed E-state index contributed by atoms with van der Waals surface area (Å²) in [5, 5.41) is 0. The zero-order chi connectivity index (χ0) is 8.48. The molecule has 0 aliphatic carbocycles. The SMILES string of the molecule is C=C1COCC1C(C)(C)OC. The summed E-state index contributed by atoms with van der Waals surface area (Å²) in [7, 11) is 1.73. The molecule has 2 heteroatoms. The van der Waals surface area contributed by atoms with Gasteiger partial charge < -0.3 is 9.47 Å². The highest BCUT2D eigenvalue weighted by Gasteiger charge is 2.34. The zero-order valence-corrected chi connectivity index (χ0v) is 7.52. The summed E-state index contributed by atoms with van der Waals surface area (Å²) in [5.41, 5.74) is 1.02. The van der Waals surface area contributed by atoms with Gasteiger partial charge in [0.15, 0.2) is 0 Å². The third-order valence-electron chi connectivity index (χ3n) is 2.43. The average molecular weight is 156 g/mol. The van der Waals surface area contributed by atoms with Crippen LogP contribution in [0.5, 0.6) is 0 Å². The van der Waals surface area contributed by atoms with Gasteiger partial charge in [0.05, 0.1) is 18.8 Å². The lowest BCUT2D eigenvalue weighted by molar-refractivity contribution is -0.0221. The quantitative estimate of drug-likeness (QED) is 0.565. The van der Waals surface area contributed by atoms with E-state index in [1.807, 2.05) is 0 Å². The molecule has 11 heavy (non-hydrogen) atoms. The molecule has 0 radical (unpaired) electrons. The van der Waals surface area contributed by atoms with Gasteiger partial charge in [-0.2, -0.15) is 0 Å². The van der Waals surface area contributed by atoms with Gasteiger partial charge in [0.25, 0.3) is 0 Å². The monoisotopic (exact) mass is 156 g/mol. The molecule has 64 valence electrons. The molecule has 1 aliphatic heterocycles. The van der Waals surface area contributed by atoms with Crippen LogP contribution in [0.2, 0.25) is 0 Å². The highest BCUT2D eigenvalue weighted by atomic mass is 16.5. The largest absolute Gasteiger partial charge is 0.378 e. The molecule has 1 fully saturated rings. The molecular formula is C9H16O2. The maximum atomic E-state index is 5.35. The Morgan fingerprint density at radius 1 is 1.64 bits per heavy atom. The Bertz CT molecular complexity index is 161. The fraction of sp³-hybridized carbons (Fsp3) is 0.778. The topological polar surface area (TPSA) is 18.5 Å². The molecule has 0 spiro atoms. The van der Waals surface area contributed by atoms with Crippen LogP contribution in [-0.2, 0) is 9.47 Å². The van der Waals surface area contributed by atoms with Crippen molar-refractivity contribution in [2.45, 2.75) is 19.4 Å². The molecule has 0 aromatic carbocycles. The van der Waals surface area contributed by atoms with Crippen LogP contribution < -0.4 is 0 Å². The van der Waals surface area contributed by atoms with E-state index < -0.39 is 0 Å². The third kappa shape index (κ3) is 1.63. The van der Waals surface area contributed by atoms with E-state index in [-0.39, 0.29) is 5.60 Å². The molecule has 0 aromatic rings. The van der Waals surface area contributed by atoms with Gasteiger partial charge in [-0.1, -0.05) is 6.58 Å². The molecule has 1 unspecified atom stereocenters. The highest BCUT2D eigenvalue weighted by Crippen LogP contribution is 2.30. The second kappa shape index (κ2) is 2.95. The number of hydrogen-bond donors (Lipinski definition) is 0. The molecule has 0 amide bonds. The molecule has 1 saturated heterocycles. The van der Waals surface area contributed by atoms with Crippen LogP contribution in [0.1, 0.15) is 13.8 Å². The molecule has 1 heterocycles. The molecule has 0 bridgehead atoms. The summed E-state index contributed by atoms with van der Waals surface area (Å²) in [5.74, 6) is 0.354. The predicted octanol–water partition coefficient (Wildman–Crippen LogP) is 1.61. The van der Waals surface area contributed by atoms with Crippen molar-refractivity contribution in [3.05, 3.63) is 12.2 Å². The summed E-state index contributed by atoms with van der Waals surface area (Å²) in [6.07, 6.45) is 0. The van der Waals surface area contributed by atoms with Crippen molar-refractivity contribution in [2.24, 2.45) is 5.92 Å². The van der Waals surface area contributed by atoms with Crippen molar-refractivity contribution >= 4 is 0 Å². The minimum Gasteiger partial charge on any atom is -0.378 e. The van der Waals surface area contributed by atoms with E-state index in [1.165, 1.54) is 0 Å². The van der Waals surface area contributed by atoms with E-state index in [2.05, 4.69) is 20.4 Å². The van der Waals surface area contributed by atoms with Crippen LogP contribution in [0.25, 0.3) is 0 Å². The van der Waals surface area contributed by atoms with Crippen molar-refractivity contribution in [2.75, 3.05) is 20.3 Å². The summed E-state index contributed by atoms with van der Waals surface area (Å²) < 4.78 is 10.6. The van der Waals surface area contributed by atoms with Crippen molar-refractivity contribution in [1.29, 1.82) is 0 Å². The first-order valence-electron chi connectivity index (χ1n) is 3.88. The lowest BCUT2D eigenvalue weighted by atomic mass is 9.87. The maximum Gasteiger partial charge on any atom is 0.0710 e. The van der Waals surface area contributed by atoms with E-state index in [0.717, 1.165) is 12.2 Å². The van der Waals surface area contributed by atoms with Gasteiger partial charge in [-0.3, -0.25) is 0 Å². The minimum atomic E-state index is -0.131. The molecular weight excluding hydrogens is 140 g/mol. The molecule has 1 atom stereocenters. The Labute approximate surface area is 68.2 Å². The third-order valence-corrected chi connectivity index (χ3v) is 2.43. The van der Waals surface area contributed by atoms with Crippen molar-refractivity contribution < 1.29 is 9.47 Å². The highest BCUT2D eigenvalue weighted by molar-refractivity contribution is 5.10. The summed E-state index contributed by atoms with van der Waals surface area (Å²) in [6, 6.07) is 0. The van der Waals surface area contributed by atoms with E-state index in [9.17, 15) is 0 Å². The predicted molar refractivity (Wildman–Crippen MR) is 44.5 cm³/mol. The first kappa shape index (κ1) is 8.75. The number of hydrogen-bond acceptors (Lipinski definition) is 2. The van der Waals surface area contributed by atoms with Gasteiger partial charge in [-0.15, -0.1) is 0 Å².